The molecule has 0 aliphatic carbocycles. The molecule has 2 rings (SSSR count). The van der Waals surface area contributed by atoms with Gasteiger partial charge in [-0.05, 0) is 66.0 Å². The number of carbonyl (C=O) groups is 1. The Kier molecular flexibility index (Phi) is 5.48. The number of hydrogen-bond donors (Lipinski definition) is 1. The third-order valence-corrected chi connectivity index (χ3v) is 5.08. The molecule has 0 aromatic heterocycles. The van der Waals surface area contributed by atoms with Crippen LogP contribution in [0.5, 0.6) is 0 Å². The van der Waals surface area contributed by atoms with E-state index in [2.05, 4.69) is 34.2 Å². The molecule has 0 aliphatic rings. The van der Waals surface area contributed by atoms with Crippen LogP contribution in [0.25, 0.3) is 0 Å². The second kappa shape index (κ2) is 7.14. The van der Waals surface area contributed by atoms with Crippen molar-refractivity contribution in [1.29, 1.82) is 0 Å². The van der Waals surface area contributed by atoms with Gasteiger partial charge in [-0.3, -0.25) is 4.79 Å². The van der Waals surface area contributed by atoms with Crippen LogP contribution >= 0.6 is 27.7 Å². The normalized spacial score (nSPS) is 12.0. The zero-order valence-electron chi connectivity index (χ0n) is 12.3. The maximum absolute atomic E-state index is 12.3. The van der Waals surface area contributed by atoms with Crippen LogP contribution in [0.4, 0.5) is 5.69 Å². The molecule has 1 amide bonds. The number of anilines is 1. The van der Waals surface area contributed by atoms with Gasteiger partial charge >= 0.3 is 0 Å². The van der Waals surface area contributed by atoms with Gasteiger partial charge in [-0.25, -0.2) is 0 Å². The van der Waals surface area contributed by atoms with Crippen LogP contribution in [0.3, 0.4) is 0 Å². The van der Waals surface area contributed by atoms with Gasteiger partial charge in [-0.1, -0.05) is 24.3 Å². The lowest BCUT2D eigenvalue weighted by atomic mass is 10.2. The van der Waals surface area contributed by atoms with Gasteiger partial charge in [0.15, 0.2) is 0 Å². The summed E-state index contributed by atoms with van der Waals surface area (Å²) in [5, 5.41) is 2.82. The third-order valence-electron chi connectivity index (χ3n) is 3.15. The van der Waals surface area contributed by atoms with Gasteiger partial charge in [0.1, 0.15) is 0 Å². The molecule has 0 heterocycles. The molecule has 0 radical (unpaired) electrons. The van der Waals surface area contributed by atoms with Gasteiger partial charge in [0, 0.05) is 9.37 Å². The van der Waals surface area contributed by atoms with E-state index in [1.54, 1.807) is 11.8 Å². The predicted molar refractivity (Wildman–Crippen MR) is 94.0 cm³/mol. The molecule has 0 saturated carbocycles. The number of rotatable bonds is 4. The molecule has 1 N–H and O–H groups in total. The average molecular weight is 364 g/mol. The van der Waals surface area contributed by atoms with Crippen molar-refractivity contribution < 1.29 is 4.79 Å². The molecule has 2 aromatic rings. The summed E-state index contributed by atoms with van der Waals surface area (Å²) in [6.07, 6.45) is 0. The summed E-state index contributed by atoms with van der Waals surface area (Å²) in [5.41, 5.74) is 3.16. The second-order valence-corrected chi connectivity index (χ2v) is 7.24. The highest BCUT2D eigenvalue weighted by Gasteiger charge is 2.16. The first-order chi connectivity index (χ1) is 9.97. The molecular weight excluding hydrogens is 346 g/mol. The Morgan fingerprint density at radius 1 is 1.19 bits per heavy atom. The molecule has 2 nitrogen and oxygen atoms in total. The molecule has 2 aromatic carbocycles. The molecule has 0 spiro atoms. The van der Waals surface area contributed by atoms with Crippen molar-refractivity contribution in [2.45, 2.75) is 30.9 Å². The van der Waals surface area contributed by atoms with Crippen LogP contribution in [0.2, 0.25) is 0 Å². The number of amides is 1. The van der Waals surface area contributed by atoms with Crippen LogP contribution in [0.15, 0.2) is 51.8 Å². The summed E-state index contributed by atoms with van der Waals surface area (Å²) in [7, 11) is 0. The van der Waals surface area contributed by atoms with Crippen molar-refractivity contribution in [1.82, 2.24) is 0 Å². The maximum Gasteiger partial charge on any atom is 0.237 e. The number of aryl methyl sites for hydroxylation is 2. The molecule has 0 fully saturated rings. The van der Waals surface area contributed by atoms with Crippen LogP contribution < -0.4 is 5.32 Å². The first-order valence-corrected chi connectivity index (χ1v) is 8.44. The lowest BCUT2D eigenvalue weighted by Crippen LogP contribution is -2.22. The first-order valence-electron chi connectivity index (χ1n) is 6.76. The number of thioether (sulfide) groups is 1. The largest absolute Gasteiger partial charge is 0.324 e. The van der Waals surface area contributed by atoms with E-state index in [4.69, 9.17) is 0 Å². The standard InChI is InChI=1S/C17H18BrNOS/c1-11-8-9-15(14(18)10-11)19-17(20)13(3)21-16-7-5-4-6-12(16)2/h4-10,13H,1-3H3,(H,19,20). The lowest BCUT2D eigenvalue weighted by Gasteiger charge is -2.14. The van der Waals surface area contributed by atoms with Crippen LogP contribution in [-0.4, -0.2) is 11.2 Å². The topological polar surface area (TPSA) is 29.1 Å². The van der Waals surface area contributed by atoms with Crippen molar-refractivity contribution in [3.05, 3.63) is 58.1 Å². The molecule has 110 valence electrons. The summed E-state index contributed by atoms with van der Waals surface area (Å²) >= 11 is 5.06. The first kappa shape index (κ1) is 16.1. The fourth-order valence-corrected chi connectivity index (χ4v) is 3.44. The molecule has 1 atom stereocenters. The quantitative estimate of drug-likeness (QED) is 0.757. The van der Waals surface area contributed by atoms with E-state index in [-0.39, 0.29) is 11.2 Å². The Bertz CT molecular complexity index is 657. The summed E-state index contributed by atoms with van der Waals surface area (Å²) in [6, 6.07) is 14.0. The van der Waals surface area contributed by atoms with Crippen molar-refractivity contribution in [3.8, 4) is 0 Å². The number of hydrogen-bond acceptors (Lipinski definition) is 2. The van der Waals surface area contributed by atoms with Crippen molar-refractivity contribution in [2.24, 2.45) is 0 Å². The Morgan fingerprint density at radius 3 is 2.57 bits per heavy atom. The van der Waals surface area contributed by atoms with Crippen LogP contribution in [-0.2, 0) is 4.79 Å². The minimum Gasteiger partial charge on any atom is -0.324 e. The highest BCUT2D eigenvalue weighted by molar-refractivity contribution is 9.10. The molecule has 21 heavy (non-hydrogen) atoms. The van der Waals surface area contributed by atoms with E-state index in [9.17, 15) is 4.79 Å². The van der Waals surface area contributed by atoms with Crippen molar-refractivity contribution in [2.75, 3.05) is 5.32 Å². The van der Waals surface area contributed by atoms with Gasteiger partial charge in [0.25, 0.3) is 0 Å². The van der Waals surface area contributed by atoms with Gasteiger partial charge < -0.3 is 5.32 Å². The highest BCUT2D eigenvalue weighted by atomic mass is 79.9. The van der Waals surface area contributed by atoms with E-state index in [0.29, 0.717) is 0 Å². The second-order valence-electron chi connectivity index (χ2n) is 5.00. The molecule has 4 heteroatoms. The minimum absolute atomic E-state index is 0.00723. The SMILES string of the molecule is Cc1ccc(NC(=O)C(C)Sc2ccccc2C)c(Br)c1. The van der Waals surface area contributed by atoms with Crippen molar-refractivity contribution >= 4 is 39.3 Å². The minimum atomic E-state index is -0.153. The summed E-state index contributed by atoms with van der Waals surface area (Å²) in [6.45, 7) is 6.01. The summed E-state index contributed by atoms with van der Waals surface area (Å²) in [4.78, 5) is 13.5. The zero-order valence-corrected chi connectivity index (χ0v) is 14.7. The molecule has 0 saturated heterocycles. The number of halogens is 1. The van der Waals surface area contributed by atoms with Gasteiger partial charge in [-0.2, -0.15) is 0 Å². The monoisotopic (exact) mass is 363 g/mol. The molecule has 1 unspecified atom stereocenters. The van der Waals surface area contributed by atoms with Gasteiger partial charge in [-0.15, -0.1) is 11.8 Å². The van der Waals surface area contributed by atoms with E-state index in [0.717, 1.165) is 20.6 Å². The van der Waals surface area contributed by atoms with Crippen LogP contribution in [0.1, 0.15) is 18.1 Å². The van der Waals surface area contributed by atoms with E-state index < -0.39 is 0 Å². The Hall–Kier alpha value is -1.26. The predicted octanol–water partition coefficient (Wildman–Crippen LogP) is 5.19. The van der Waals surface area contributed by atoms with E-state index in [1.165, 1.54) is 5.56 Å². The average Bonchev–Trinajstić information content (AvgIpc) is 2.44. The smallest absolute Gasteiger partial charge is 0.237 e. The Labute approximate surface area is 138 Å². The molecule has 0 aliphatic heterocycles. The fourth-order valence-electron chi connectivity index (χ4n) is 1.89. The van der Waals surface area contributed by atoms with Gasteiger partial charge in [0.05, 0.1) is 10.9 Å². The van der Waals surface area contributed by atoms with Crippen LogP contribution in [0, 0.1) is 13.8 Å². The molecule has 0 bridgehead atoms. The zero-order chi connectivity index (χ0) is 15.4. The van der Waals surface area contributed by atoms with Crippen molar-refractivity contribution in [3.63, 3.8) is 0 Å². The summed E-state index contributed by atoms with van der Waals surface area (Å²) in [5.74, 6) is 0.00723. The van der Waals surface area contributed by atoms with E-state index in [1.807, 2.05) is 50.2 Å². The maximum atomic E-state index is 12.3. The Balaban J connectivity index is 2.04. The summed E-state index contributed by atoms with van der Waals surface area (Å²) < 4.78 is 0.906. The number of carbonyl (C=O) groups excluding carboxylic acids is 1. The third kappa shape index (κ3) is 4.35. The number of benzene rings is 2. The van der Waals surface area contributed by atoms with Gasteiger partial charge in [0.2, 0.25) is 5.91 Å². The fraction of sp³-hybridized carbons (Fsp3) is 0.235. The number of nitrogens with one attached hydrogen (secondary N) is 1. The Morgan fingerprint density at radius 2 is 1.90 bits per heavy atom. The molecular formula is C17H18BrNOS. The van der Waals surface area contributed by atoms with E-state index >= 15 is 0 Å². The lowest BCUT2D eigenvalue weighted by molar-refractivity contribution is -0.115. The highest BCUT2D eigenvalue weighted by Crippen LogP contribution is 2.28.